The lowest BCUT2D eigenvalue weighted by molar-refractivity contribution is 0.102. The summed E-state index contributed by atoms with van der Waals surface area (Å²) in [4.78, 5) is 18.0. The summed E-state index contributed by atoms with van der Waals surface area (Å²) in [6, 6.07) is 22.5. The molecule has 2 heterocycles. The molecule has 29 heavy (non-hydrogen) atoms. The fourth-order valence-electron chi connectivity index (χ4n) is 4.18. The Labute approximate surface area is 170 Å². The third-order valence-corrected chi connectivity index (χ3v) is 5.67. The predicted molar refractivity (Wildman–Crippen MR) is 117 cm³/mol. The van der Waals surface area contributed by atoms with Gasteiger partial charge < -0.3 is 9.88 Å². The van der Waals surface area contributed by atoms with Crippen LogP contribution < -0.4 is 5.32 Å². The maximum absolute atomic E-state index is 13.1. The van der Waals surface area contributed by atoms with E-state index in [1.54, 1.807) is 0 Å². The van der Waals surface area contributed by atoms with E-state index in [9.17, 15) is 4.79 Å². The first-order valence-electron chi connectivity index (χ1n) is 10.2. The monoisotopic (exact) mass is 381 g/mol. The second kappa shape index (κ2) is 7.21. The average molecular weight is 381 g/mol. The number of imidazole rings is 1. The van der Waals surface area contributed by atoms with Gasteiger partial charge in [0.2, 0.25) is 0 Å². The fraction of sp³-hybridized carbons (Fsp3) is 0.200. The highest BCUT2D eigenvalue weighted by atomic mass is 16.1. The van der Waals surface area contributed by atoms with Crippen LogP contribution in [0.1, 0.15) is 34.6 Å². The molecule has 1 N–H and O–H groups in total. The molecule has 4 nitrogen and oxygen atoms in total. The number of nitrogens with one attached hydrogen (secondary N) is 1. The minimum absolute atomic E-state index is 0.133. The molecule has 1 aliphatic rings. The van der Waals surface area contributed by atoms with Gasteiger partial charge in [0.25, 0.3) is 5.91 Å². The van der Waals surface area contributed by atoms with Crippen molar-refractivity contribution < 1.29 is 4.79 Å². The zero-order valence-corrected chi connectivity index (χ0v) is 16.5. The molecule has 4 heteroatoms. The summed E-state index contributed by atoms with van der Waals surface area (Å²) < 4.78 is 2.25. The molecule has 4 aromatic rings. The van der Waals surface area contributed by atoms with Gasteiger partial charge >= 0.3 is 0 Å². The molecule has 5 rings (SSSR count). The number of nitrogens with zero attached hydrogens (tertiary/aromatic N) is 2. The molecule has 0 atom stereocenters. The minimum Gasteiger partial charge on any atom is -0.327 e. The van der Waals surface area contributed by atoms with Gasteiger partial charge in [-0.3, -0.25) is 4.79 Å². The third kappa shape index (κ3) is 3.21. The van der Waals surface area contributed by atoms with E-state index in [1.807, 2.05) is 37.3 Å². The van der Waals surface area contributed by atoms with Gasteiger partial charge in [0.05, 0.1) is 5.69 Å². The predicted octanol–water partition coefficient (Wildman–Crippen LogP) is 5.60. The van der Waals surface area contributed by atoms with Crippen LogP contribution in [0.25, 0.3) is 22.2 Å². The van der Waals surface area contributed by atoms with E-state index < -0.39 is 0 Å². The van der Waals surface area contributed by atoms with E-state index in [0.717, 1.165) is 48.6 Å². The first-order valence-corrected chi connectivity index (χ1v) is 10.2. The van der Waals surface area contributed by atoms with Gasteiger partial charge in [0.1, 0.15) is 11.5 Å². The average Bonchev–Trinajstić information content (AvgIpc) is 3.15. The Bertz CT molecular complexity index is 1200. The summed E-state index contributed by atoms with van der Waals surface area (Å²) in [6.07, 6.45) is 3.08. The van der Waals surface area contributed by atoms with Crippen molar-refractivity contribution in [2.45, 2.75) is 32.7 Å². The first-order chi connectivity index (χ1) is 14.2. The number of amides is 1. The van der Waals surface area contributed by atoms with E-state index in [4.69, 9.17) is 4.98 Å². The molecule has 0 aliphatic carbocycles. The molecule has 1 aromatic heterocycles. The van der Waals surface area contributed by atoms with Crippen molar-refractivity contribution in [1.29, 1.82) is 0 Å². The van der Waals surface area contributed by atoms with E-state index in [0.29, 0.717) is 5.69 Å². The topological polar surface area (TPSA) is 46.9 Å². The lowest BCUT2D eigenvalue weighted by Crippen LogP contribution is -2.17. The Morgan fingerprint density at radius 2 is 1.76 bits per heavy atom. The van der Waals surface area contributed by atoms with Gasteiger partial charge in [-0.25, -0.2) is 4.98 Å². The summed E-state index contributed by atoms with van der Waals surface area (Å²) in [5.41, 5.74) is 4.64. The van der Waals surface area contributed by atoms with Crippen LogP contribution in [-0.2, 0) is 13.0 Å². The first kappa shape index (κ1) is 17.7. The van der Waals surface area contributed by atoms with E-state index >= 15 is 0 Å². The van der Waals surface area contributed by atoms with Crippen molar-refractivity contribution in [2.75, 3.05) is 5.32 Å². The molecule has 3 aromatic carbocycles. The molecule has 0 saturated carbocycles. The van der Waals surface area contributed by atoms with E-state index in [1.165, 1.54) is 16.3 Å². The number of benzene rings is 3. The summed E-state index contributed by atoms with van der Waals surface area (Å²) >= 11 is 0. The molecule has 1 amide bonds. The van der Waals surface area contributed by atoms with Crippen LogP contribution >= 0.6 is 0 Å². The van der Waals surface area contributed by atoms with Crippen molar-refractivity contribution in [2.24, 2.45) is 0 Å². The Morgan fingerprint density at radius 3 is 2.62 bits per heavy atom. The zero-order chi connectivity index (χ0) is 19.8. The van der Waals surface area contributed by atoms with Crippen LogP contribution in [0.3, 0.4) is 0 Å². The van der Waals surface area contributed by atoms with E-state index in [2.05, 4.69) is 46.3 Å². The molecule has 144 valence electrons. The Balaban J connectivity index is 1.60. The molecule has 0 bridgehead atoms. The number of fused-ring (bicyclic) bond motifs is 2. The quantitative estimate of drug-likeness (QED) is 0.502. The van der Waals surface area contributed by atoms with Crippen LogP contribution in [0.15, 0.2) is 66.7 Å². The number of rotatable bonds is 3. The van der Waals surface area contributed by atoms with Gasteiger partial charge in [0, 0.05) is 17.8 Å². The largest absolute Gasteiger partial charge is 0.327 e. The summed E-state index contributed by atoms with van der Waals surface area (Å²) in [7, 11) is 0. The summed E-state index contributed by atoms with van der Waals surface area (Å²) in [5.74, 6) is 0.761. The Hall–Kier alpha value is -3.40. The number of carbonyl (C=O) groups is 1. The highest BCUT2D eigenvalue weighted by Gasteiger charge is 2.25. The number of carbonyl (C=O) groups excluding carboxylic acids is 1. The smallest absolute Gasteiger partial charge is 0.276 e. The maximum atomic E-state index is 13.1. The standard InChI is InChI=1S/C25H23N3O/c1-17-12-14-19(15-13-17)26-25(29)23-22-11-4-5-16-28(22)24(27-23)21-10-6-8-18-7-2-3-9-20(18)21/h2-3,6-10,12-15H,4-5,11,16H2,1H3,(H,26,29). The maximum Gasteiger partial charge on any atom is 0.276 e. The minimum atomic E-state index is -0.133. The van der Waals surface area contributed by atoms with Crippen LogP contribution in [0.2, 0.25) is 0 Å². The van der Waals surface area contributed by atoms with Gasteiger partial charge in [-0.1, -0.05) is 60.2 Å². The number of hydrogen-bond acceptors (Lipinski definition) is 2. The van der Waals surface area contributed by atoms with E-state index in [-0.39, 0.29) is 5.91 Å². The van der Waals surface area contributed by atoms with Crippen molar-refractivity contribution in [3.8, 4) is 11.4 Å². The van der Waals surface area contributed by atoms with Gasteiger partial charge in [-0.05, 0) is 49.1 Å². The lowest BCUT2D eigenvalue weighted by Gasteiger charge is -2.18. The van der Waals surface area contributed by atoms with Gasteiger partial charge in [-0.15, -0.1) is 0 Å². The fourth-order valence-corrected chi connectivity index (χ4v) is 4.18. The van der Waals surface area contributed by atoms with Gasteiger partial charge in [-0.2, -0.15) is 0 Å². The number of aryl methyl sites for hydroxylation is 1. The molecule has 0 fully saturated rings. The lowest BCUT2D eigenvalue weighted by atomic mass is 10.0. The van der Waals surface area contributed by atoms with Crippen molar-refractivity contribution in [1.82, 2.24) is 9.55 Å². The number of hydrogen-bond donors (Lipinski definition) is 1. The van der Waals surface area contributed by atoms with Crippen molar-refractivity contribution in [3.05, 3.63) is 83.7 Å². The van der Waals surface area contributed by atoms with Crippen LogP contribution in [0.5, 0.6) is 0 Å². The molecule has 0 radical (unpaired) electrons. The summed E-state index contributed by atoms with van der Waals surface area (Å²) in [6.45, 7) is 2.94. The number of anilines is 1. The van der Waals surface area contributed by atoms with Crippen LogP contribution in [0, 0.1) is 6.92 Å². The van der Waals surface area contributed by atoms with Crippen molar-refractivity contribution >= 4 is 22.4 Å². The third-order valence-electron chi connectivity index (χ3n) is 5.67. The normalized spacial score (nSPS) is 13.3. The van der Waals surface area contributed by atoms with Crippen molar-refractivity contribution in [3.63, 3.8) is 0 Å². The van der Waals surface area contributed by atoms with Gasteiger partial charge in [0.15, 0.2) is 0 Å². The molecule has 1 aliphatic heterocycles. The Morgan fingerprint density at radius 1 is 0.966 bits per heavy atom. The molecule has 0 spiro atoms. The molecular weight excluding hydrogens is 358 g/mol. The van der Waals surface area contributed by atoms with Crippen LogP contribution in [0.4, 0.5) is 5.69 Å². The van der Waals surface area contributed by atoms with Crippen LogP contribution in [-0.4, -0.2) is 15.5 Å². The molecule has 0 saturated heterocycles. The SMILES string of the molecule is Cc1ccc(NC(=O)c2nc(-c3cccc4ccccc34)n3c2CCCC3)cc1. The second-order valence-electron chi connectivity index (χ2n) is 7.69. The molecular formula is C25H23N3O. The second-order valence-corrected chi connectivity index (χ2v) is 7.69. The Kier molecular flexibility index (Phi) is 4.39. The summed E-state index contributed by atoms with van der Waals surface area (Å²) in [5, 5.41) is 5.37. The number of aromatic nitrogens is 2. The zero-order valence-electron chi connectivity index (χ0n) is 16.5. The molecule has 0 unspecified atom stereocenters. The highest BCUT2D eigenvalue weighted by Crippen LogP contribution is 2.32. The highest BCUT2D eigenvalue weighted by molar-refractivity contribution is 6.05.